The van der Waals surface area contributed by atoms with Crippen molar-refractivity contribution in [1.82, 2.24) is 9.55 Å². The normalized spacial score (nSPS) is 11.1. The predicted molar refractivity (Wildman–Crippen MR) is 127 cm³/mol. The van der Waals surface area contributed by atoms with Crippen molar-refractivity contribution in [3.8, 4) is 5.69 Å². The fraction of sp³-hybridized carbons (Fsp3) is 0.261. The molecular weight excluding hydrogens is 430 g/mol. The molecule has 32 heavy (non-hydrogen) atoms. The number of esters is 1. The van der Waals surface area contributed by atoms with Crippen molar-refractivity contribution in [2.24, 2.45) is 0 Å². The van der Waals surface area contributed by atoms with Crippen molar-refractivity contribution in [3.63, 3.8) is 0 Å². The number of aromatic nitrogens is 2. The highest BCUT2D eigenvalue weighted by atomic mass is 35.5. The fourth-order valence-electron chi connectivity index (χ4n) is 2.94. The van der Waals surface area contributed by atoms with Crippen LogP contribution in [0.1, 0.15) is 31.3 Å². The maximum Gasteiger partial charge on any atom is 0.359 e. The van der Waals surface area contributed by atoms with Gasteiger partial charge >= 0.3 is 12.0 Å². The molecule has 2 aromatic carbocycles. The van der Waals surface area contributed by atoms with Crippen LogP contribution in [0.15, 0.2) is 54.6 Å². The zero-order valence-corrected chi connectivity index (χ0v) is 19.4. The number of hydrogen-bond acceptors (Lipinski definition) is 5. The molecule has 0 saturated heterocycles. The number of carbonyl (C=O) groups is 2. The topological polar surface area (TPSA) is 88.5 Å². The molecule has 168 valence electrons. The minimum absolute atomic E-state index is 0.0817. The van der Waals surface area contributed by atoms with Gasteiger partial charge in [-0.2, -0.15) is 4.98 Å². The van der Waals surface area contributed by atoms with Crippen LogP contribution in [0.4, 0.5) is 22.2 Å². The summed E-state index contributed by atoms with van der Waals surface area (Å²) in [6, 6.07) is 15.4. The SMILES string of the molecule is CN(C)c1nc(NC(=O)Nc2ccc(Cl)cc2)c(C(=O)OC(C)(C)C)n1-c1ccccc1. The number of nitrogens with zero attached hydrogens (tertiary/aromatic N) is 3. The molecule has 3 aromatic rings. The number of benzene rings is 2. The number of imidazole rings is 1. The zero-order chi connectivity index (χ0) is 23.5. The summed E-state index contributed by atoms with van der Waals surface area (Å²) in [4.78, 5) is 32.2. The molecule has 0 unspecified atom stereocenters. The van der Waals surface area contributed by atoms with Crippen molar-refractivity contribution in [1.29, 1.82) is 0 Å². The van der Waals surface area contributed by atoms with Crippen molar-refractivity contribution >= 4 is 41.1 Å². The Labute approximate surface area is 192 Å². The van der Waals surface area contributed by atoms with Gasteiger partial charge in [-0.1, -0.05) is 29.8 Å². The van der Waals surface area contributed by atoms with Gasteiger partial charge in [0, 0.05) is 30.5 Å². The minimum atomic E-state index is -0.732. The molecule has 2 amide bonds. The minimum Gasteiger partial charge on any atom is -0.455 e. The second-order valence-electron chi connectivity index (χ2n) is 8.26. The first-order valence-electron chi connectivity index (χ1n) is 9.97. The second kappa shape index (κ2) is 9.32. The van der Waals surface area contributed by atoms with E-state index in [0.29, 0.717) is 22.3 Å². The van der Waals surface area contributed by atoms with Crippen molar-refractivity contribution < 1.29 is 14.3 Å². The van der Waals surface area contributed by atoms with Crippen molar-refractivity contribution in [3.05, 3.63) is 65.3 Å². The van der Waals surface area contributed by atoms with Crippen LogP contribution in [-0.2, 0) is 4.74 Å². The quantitative estimate of drug-likeness (QED) is 0.517. The lowest BCUT2D eigenvalue weighted by Gasteiger charge is -2.21. The van der Waals surface area contributed by atoms with E-state index in [0.717, 1.165) is 0 Å². The number of halogens is 1. The van der Waals surface area contributed by atoms with Crippen LogP contribution in [0, 0.1) is 0 Å². The first-order chi connectivity index (χ1) is 15.0. The van der Waals surface area contributed by atoms with Gasteiger partial charge in [-0.3, -0.25) is 9.88 Å². The summed E-state index contributed by atoms with van der Waals surface area (Å²) in [7, 11) is 3.61. The summed E-state index contributed by atoms with van der Waals surface area (Å²) < 4.78 is 7.29. The number of amides is 2. The smallest absolute Gasteiger partial charge is 0.359 e. The zero-order valence-electron chi connectivity index (χ0n) is 18.6. The van der Waals surface area contributed by atoms with Crippen molar-refractivity contribution in [2.75, 3.05) is 29.6 Å². The lowest BCUT2D eigenvalue weighted by molar-refractivity contribution is 0.00619. The maximum absolute atomic E-state index is 13.2. The fourth-order valence-corrected chi connectivity index (χ4v) is 3.06. The van der Waals surface area contributed by atoms with Gasteiger partial charge in [-0.05, 0) is 57.2 Å². The first kappa shape index (κ1) is 23.1. The summed E-state index contributed by atoms with van der Waals surface area (Å²) in [5.74, 6) is -0.0686. The summed E-state index contributed by atoms with van der Waals surface area (Å²) in [6.45, 7) is 5.34. The molecule has 9 heteroatoms. The van der Waals surface area contributed by atoms with Gasteiger partial charge in [0.25, 0.3) is 0 Å². The van der Waals surface area contributed by atoms with E-state index in [1.54, 1.807) is 68.6 Å². The monoisotopic (exact) mass is 455 g/mol. The van der Waals surface area contributed by atoms with E-state index in [1.165, 1.54) is 0 Å². The number of rotatable bonds is 5. The molecule has 0 radical (unpaired) electrons. The third-order valence-corrected chi connectivity index (χ3v) is 4.45. The number of carbonyl (C=O) groups excluding carboxylic acids is 2. The molecule has 3 rings (SSSR count). The van der Waals surface area contributed by atoms with Crippen LogP contribution in [0.3, 0.4) is 0 Å². The molecule has 0 bridgehead atoms. The van der Waals surface area contributed by atoms with Crippen LogP contribution in [0.25, 0.3) is 5.69 Å². The number of nitrogens with one attached hydrogen (secondary N) is 2. The summed E-state index contributed by atoms with van der Waals surface area (Å²) in [5, 5.41) is 5.95. The summed E-state index contributed by atoms with van der Waals surface area (Å²) in [5.41, 5.74) is 0.627. The molecule has 0 spiro atoms. The van der Waals surface area contributed by atoms with E-state index in [-0.39, 0.29) is 11.5 Å². The van der Waals surface area contributed by atoms with E-state index in [4.69, 9.17) is 16.3 Å². The van der Waals surface area contributed by atoms with Crippen LogP contribution in [0.2, 0.25) is 5.02 Å². The molecule has 0 aliphatic carbocycles. The van der Waals surface area contributed by atoms with Gasteiger partial charge in [0.15, 0.2) is 11.5 Å². The number of urea groups is 1. The van der Waals surface area contributed by atoms with Gasteiger partial charge in [0.05, 0.1) is 0 Å². The van der Waals surface area contributed by atoms with Gasteiger partial charge in [-0.15, -0.1) is 0 Å². The lowest BCUT2D eigenvalue weighted by atomic mass is 10.2. The summed E-state index contributed by atoms with van der Waals surface area (Å²) >= 11 is 5.90. The molecule has 2 N–H and O–H groups in total. The van der Waals surface area contributed by atoms with Crippen molar-refractivity contribution in [2.45, 2.75) is 26.4 Å². The van der Waals surface area contributed by atoms with Crippen LogP contribution in [0.5, 0.6) is 0 Å². The van der Waals surface area contributed by atoms with Gasteiger partial charge in [-0.25, -0.2) is 9.59 Å². The number of ether oxygens (including phenoxy) is 1. The predicted octanol–water partition coefficient (Wildman–Crippen LogP) is 5.19. The molecular formula is C23H26ClN5O3. The van der Waals surface area contributed by atoms with Gasteiger partial charge in [0.1, 0.15) is 5.60 Å². The number of para-hydroxylation sites is 1. The Morgan fingerprint density at radius 2 is 1.62 bits per heavy atom. The highest BCUT2D eigenvalue weighted by Gasteiger charge is 2.30. The van der Waals surface area contributed by atoms with E-state index in [2.05, 4.69) is 15.6 Å². The van der Waals surface area contributed by atoms with Crippen LogP contribution in [-0.4, -0.2) is 41.2 Å². The van der Waals surface area contributed by atoms with E-state index >= 15 is 0 Å². The van der Waals surface area contributed by atoms with Gasteiger partial charge < -0.3 is 15.0 Å². The average molecular weight is 456 g/mol. The highest BCUT2D eigenvalue weighted by molar-refractivity contribution is 6.30. The molecule has 8 nitrogen and oxygen atoms in total. The van der Waals surface area contributed by atoms with Gasteiger partial charge in [0.2, 0.25) is 5.95 Å². The largest absolute Gasteiger partial charge is 0.455 e. The molecule has 1 aromatic heterocycles. The highest BCUT2D eigenvalue weighted by Crippen LogP contribution is 2.29. The number of anilines is 3. The maximum atomic E-state index is 13.2. The van der Waals surface area contributed by atoms with E-state index in [9.17, 15) is 9.59 Å². The molecule has 0 fully saturated rings. The van der Waals surface area contributed by atoms with Crippen LogP contribution >= 0.6 is 11.6 Å². The molecule has 0 aliphatic rings. The third-order valence-electron chi connectivity index (χ3n) is 4.20. The second-order valence-corrected chi connectivity index (χ2v) is 8.70. The molecule has 0 saturated carbocycles. The lowest BCUT2D eigenvalue weighted by Crippen LogP contribution is -2.27. The number of hydrogen-bond donors (Lipinski definition) is 2. The third kappa shape index (κ3) is 5.59. The average Bonchev–Trinajstić information content (AvgIpc) is 3.08. The first-order valence-corrected chi connectivity index (χ1v) is 10.4. The summed E-state index contributed by atoms with van der Waals surface area (Å²) in [6.07, 6.45) is 0. The molecule has 0 atom stereocenters. The Kier molecular flexibility index (Phi) is 6.74. The Morgan fingerprint density at radius 1 is 1.00 bits per heavy atom. The Bertz CT molecular complexity index is 1100. The standard InChI is InChI=1S/C23H26ClN5O3/c1-23(2,3)32-20(30)18-19(26-21(31)25-16-13-11-15(24)12-14-16)27-22(28(4)5)29(18)17-9-7-6-8-10-17/h6-14H,1-5H3,(H2,25,26,31). The Hall–Kier alpha value is -3.52. The van der Waals surface area contributed by atoms with E-state index in [1.807, 2.05) is 30.3 Å². The molecule has 0 aliphatic heterocycles. The molecule has 1 heterocycles. The Balaban J connectivity index is 2.04. The van der Waals surface area contributed by atoms with Crippen LogP contribution < -0.4 is 15.5 Å². The van der Waals surface area contributed by atoms with E-state index < -0.39 is 17.6 Å². The Morgan fingerprint density at radius 3 is 2.19 bits per heavy atom.